The van der Waals surface area contributed by atoms with E-state index < -0.39 is 0 Å². The van der Waals surface area contributed by atoms with E-state index in [1.54, 1.807) is 22.7 Å². The number of hydrogen-bond donors (Lipinski definition) is 0. The molecule has 0 radical (unpaired) electrons. The zero-order chi connectivity index (χ0) is 14.2. The Labute approximate surface area is 135 Å². The van der Waals surface area contributed by atoms with Crippen LogP contribution in [0.25, 0.3) is 20.3 Å². The molecule has 0 aliphatic heterocycles. The van der Waals surface area contributed by atoms with E-state index in [4.69, 9.17) is 16.6 Å². The third-order valence-electron chi connectivity index (χ3n) is 3.51. The first-order valence-corrected chi connectivity index (χ1v) is 8.88. The largest absolute Gasteiger partial charge is 0.253 e. The highest BCUT2D eigenvalue weighted by Gasteiger charge is 2.14. The number of para-hydroxylation sites is 1. The Hall–Kier alpha value is -1.42. The third kappa shape index (κ3) is 2.57. The Morgan fingerprint density at radius 3 is 2.86 bits per heavy atom. The van der Waals surface area contributed by atoms with E-state index in [-0.39, 0.29) is 5.38 Å². The Bertz CT molecular complexity index is 881. The number of thiophene rings is 2. The molecule has 0 spiro atoms. The molecular weight excluding hydrogens is 318 g/mol. The SMILES string of the molecule is ClC(Cc1ccc2ccccc2n1)c1cc2sccc2s1. The molecule has 0 saturated carbocycles. The molecule has 3 aromatic heterocycles. The van der Waals surface area contributed by atoms with E-state index in [1.165, 1.54) is 19.7 Å². The Kier molecular flexibility index (Phi) is 3.42. The molecule has 1 aromatic carbocycles. The van der Waals surface area contributed by atoms with Crippen molar-refractivity contribution in [3.05, 3.63) is 64.5 Å². The first-order chi connectivity index (χ1) is 10.3. The van der Waals surface area contributed by atoms with Crippen LogP contribution in [0.2, 0.25) is 0 Å². The average Bonchev–Trinajstić information content (AvgIpc) is 3.08. The quantitative estimate of drug-likeness (QED) is 0.418. The zero-order valence-corrected chi connectivity index (χ0v) is 13.5. The molecule has 4 heteroatoms. The summed E-state index contributed by atoms with van der Waals surface area (Å²) in [6.07, 6.45) is 0.764. The fourth-order valence-corrected chi connectivity index (χ4v) is 4.90. The second-order valence-electron chi connectivity index (χ2n) is 4.96. The second-order valence-corrected chi connectivity index (χ2v) is 7.55. The van der Waals surface area contributed by atoms with Gasteiger partial charge in [0.15, 0.2) is 0 Å². The Balaban J connectivity index is 1.62. The van der Waals surface area contributed by atoms with E-state index in [9.17, 15) is 0 Å². The number of nitrogens with zero attached hydrogens (tertiary/aromatic N) is 1. The van der Waals surface area contributed by atoms with Crippen LogP contribution in [0.1, 0.15) is 15.9 Å². The van der Waals surface area contributed by atoms with Gasteiger partial charge < -0.3 is 0 Å². The topological polar surface area (TPSA) is 12.9 Å². The van der Waals surface area contributed by atoms with Gasteiger partial charge in [0.2, 0.25) is 0 Å². The lowest BCUT2D eigenvalue weighted by Gasteiger charge is -2.07. The lowest BCUT2D eigenvalue weighted by atomic mass is 10.1. The minimum atomic E-state index is -0.0109. The normalized spacial score (nSPS) is 13.0. The van der Waals surface area contributed by atoms with Crippen molar-refractivity contribution < 1.29 is 0 Å². The van der Waals surface area contributed by atoms with E-state index in [2.05, 4.69) is 35.7 Å². The number of aromatic nitrogens is 1. The number of fused-ring (bicyclic) bond motifs is 2. The molecule has 0 aliphatic rings. The molecule has 0 saturated heterocycles. The van der Waals surface area contributed by atoms with Crippen LogP contribution in [-0.2, 0) is 6.42 Å². The van der Waals surface area contributed by atoms with Gasteiger partial charge in [-0.15, -0.1) is 34.3 Å². The molecule has 4 rings (SSSR count). The highest BCUT2D eigenvalue weighted by Crippen LogP contribution is 2.37. The van der Waals surface area contributed by atoms with Crippen molar-refractivity contribution in [1.29, 1.82) is 0 Å². The van der Waals surface area contributed by atoms with Crippen molar-refractivity contribution in [1.82, 2.24) is 4.98 Å². The van der Waals surface area contributed by atoms with Gasteiger partial charge >= 0.3 is 0 Å². The summed E-state index contributed by atoms with van der Waals surface area (Å²) in [7, 11) is 0. The van der Waals surface area contributed by atoms with Crippen LogP contribution in [0, 0.1) is 0 Å². The molecule has 1 atom stereocenters. The summed E-state index contributed by atoms with van der Waals surface area (Å²) in [4.78, 5) is 5.94. The zero-order valence-electron chi connectivity index (χ0n) is 11.1. The summed E-state index contributed by atoms with van der Waals surface area (Å²) in [5.74, 6) is 0. The van der Waals surface area contributed by atoms with Crippen molar-refractivity contribution in [2.75, 3.05) is 0 Å². The van der Waals surface area contributed by atoms with Crippen LogP contribution < -0.4 is 0 Å². The molecule has 21 heavy (non-hydrogen) atoms. The predicted molar refractivity (Wildman–Crippen MR) is 93.7 cm³/mol. The summed E-state index contributed by atoms with van der Waals surface area (Å²) in [5, 5.41) is 3.28. The number of halogens is 1. The number of alkyl halides is 1. The average molecular weight is 330 g/mol. The first-order valence-electron chi connectivity index (χ1n) is 6.75. The highest BCUT2D eigenvalue weighted by atomic mass is 35.5. The van der Waals surface area contributed by atoms with Gasteiger partial charge in [-0.1, -0.05) is 24.3 Å². The van der Waals surface area contributed by atoms with Gasteiger partial charge in [0.05, 0.1) is 10.9 Å². The standard InChI is InChI=1S/C17H12ClNS2/c18-13(16-10-17-15(21-16)7-8-20-17)9-12-6-5-11-3-1-2-4-14(11)19-12/h1-8,10,13H,9H2. The maximum Gasteiger partial charge on any atom is 0.0734 e. The maximum atomic E-state index is 6.60. The van der Waals surface area contributed by atoms with E-state index >= 15 is 0 Å². The van der Waals surface area contributed by atoms with Gasteiger partial charge in [-0.3, -0.25) is 4.98 Å². The summed E-state index contributed by atoms with van der Waals surface area (Å²) >= 11 is 10.2. The van der Waals surface area contributed by atoms with Crippen LogP contribution in [0.15, 0.2) is 53.9 Å². The third-order valence-corrected chi connectivity index (χ3v) is 6.24. The predicted octanol–water partition coefficient (Wildman–Crippen LogP) is 6.03. The monoisotopic (exact) mass is 329 g/mol. The van der Waals surface area contributed by atoms with Crippen LogP contribution in [-0.4, -0.2) is 4.98 Å². The number of benzene rings is 1. The van der Waals surface area contributed by atoms with E-state index in [0.29, 0.717) is 0 Å². The molecule has 104 valence electrons. The van der Waals surface area contributed by atoms with E-state index in [0.717, 1.165) is 17.6 Å². The molecule has 0 bridgehead atoms. The van der Waals surface area contributed by atoms with Crippen molar-refractivity contribution in [2.24, 2.45) is 0 Å². The smallest absolute Gasteiger partial charge is 0.0734 e. The summed E-state index contributed by atoms with van der Waals surface area (Å²) in [6.45, 7) is 0. The van der Waals surface area contributed by atoms with Gasteiger partial charge in [0.1, 0.15) is 0 Å². The van der Waals surface area contributed by atoms with Crippen LogP contribution >= 0.6 is 34.3 Å². The molecule has 4 aromatic rings. The first kappa shape index (κ1) is 13.3. The van der Waals surface area contributed by atoms with Crippen molar-refractivity contribution >= 4 is 54.6 Å². The minimum absolute atomic E-state index is 0.0109. The molecule has 0 amide bonds. The molecule has 1 nitrogen and oxygen atoms in total. The summed E-state index contributed by atoms with van der Waals surface area (Å²) < 4.78 is 2.65. The second kappa shape index (κ2) is 5.41. The van der Waals surface area contributed by atoms with E-state index in [1.807, 2.05) is 18.2 Å². The fraction of sp³-hybridized carbons (Fsp3) is 0.118. The lowest BCUT2D eigenvalue weighted by molar-refractivity contribution is 0.905. The molecule has 0 fully saturated rings. The van der Waals surface area contributed by atoms with Crippen LogP contribution in [0.5, 0.6) is 0 Å². The molecule has 0 N–H and O–H groups in total. The number of pyridine rings is 1. The molecule has 0 aliphatic carbocycles. The molecular formula is C17H12ClNS2. The molecule has 3 heterocycles. The summed E-state index contributed by atoms with van der Waals surface area (Å²) in [5.41, 5.74) is 2.08. The maximum absolute atomic E-state index is 6.60. The van der Waals surface area contributed by atoms with Gasteiger partial charge in [0.25, 0.3) is 0 Å². The Morgan fingerprint density at radius 2 is 1.95 bits per heavy atom. The van der Waals surface area contributed by atoms with Crippen molar-refractivity contribution in [3.8, 4) is 0 Å². The van der Waals surface area contributed by atoms with Crippen molar-refractivity contribution in [3.63, 3.8) is 0 Å². The number of rotatable bonds is 3. The van der Waals surface area contributed by atoms with Gasteiger partial charge in [0, 0.05) is 31.8 Å². The van der Waals surface area contributed by atoms with Gasteiger partial charge in [-0.2, -0.15) is 0 Å². The van der Waals surface area contributed by atoms with Crippen LogP contribution in [0.4, 0.5) is 0 Å². The highest BCUT2D eigenvalue weighted by molar-refractivity contribution is 7.27. The fourth-order valence-electron chi connectivity index (χ4n) is 2.44. The Morgan fingerprint density at radius 1 is 1.05 bits per heavy atom. The number of hydrogen-bond acceptors (Lipinski definition) is 3. The molecule has 1 unspecified atom stereocenters. The van der Waals surface area contributed by atoms with Crippen LogP contribution in [0.3, 0.4) is 0 Å². The van der Waals surface area contributed by atoms with Gasteiger partial charge in [-0.25, -0.2) is 0 Å². The van der Waals surface area contributed by atoms with Gasteiger partial charge in [-0.05, 0) is 29.6 Å². The van der Waals surface area contributed by atoms with Crippen molar-refractivity contribution in [2.45, 2.75) is 11.8 Å². The summed E-state index contributed by atoms with van der Waals surface area (Å²) in [6, 6.07) is 16.7. The minimum Gasteiger partial charge on any atom is -0.253 e. The lowest BCUT2D eigenvalue weighted by Crippen LogP contribution is -1.96.